The third-order valence-corrected chi connectivity index (χ3v) is 4.71. The quantitative estimate of drug-likeness (QED) is 0.604. The van der Waals surface area contributed by atoms with Crippen LogP contribution >= 0.6 is 11.8 Å². The molecular formula is C13H27NS. The maximum Gasteiger partial charge on any atom is 0.0613 e. The van der Waals surface area contributed by atoms with E-state index < -0.39 is 0 Å². The second-order valence-electron chi connectivity index (χ2n) is 5.05. The molecule has 15 heavy (non-hydrogen) atoms. The van der Waals surface area contributed by atoms with Gasteiger partial charge in [-0.25, -0.2) is 0 Å². The highest BCUT2D eigenvalue weighted by molar-refractivity contribution is 8.00. The molecule has 0 saturated carbocycles. The van der Waals surface area contributed by atoms with E-state index >= 15 is 0 Å². The van der Waals surface area contributed by atoms with Crippen molar-refractivity contribution in [3.63, 3.8) is 0 Å². The minimum atomic E-state index is 0.406. The lowest BCUT2D eigenvalue weighted by atomic mass is 10.1. The van der Waals surface area contributed by atoms with Gasteiger partial charge in [0.2, 0.25) is 0 Å². The van der Waals surface area contributed by atoms with Gasteiger partial charge >= 0.3 is 0 Å². The first kappa shape index (κ1) is 13.4. The average Bonchev–Trinajstić information content (AvgIpc) is 2.52. The molecule has 0 aromatic rings. The number of nitrogens with zero attached hydrogens (tertiary/aromatic N) is 1. The molecule has 1 heterocycles. The Kier molecular flexibility index (Phi) is 6.06. The maximum atomic E-state index is 2.65. The summed E-state index contributed by atoms with van der Waals surface area (Å²) in [7, 11) is 0. The van der Waals surface area contributed by atoms with Gasteiger partial charge in [0.1, 0.15) is 0 Å². The van der Waals surface area contributed by atoms with Crippen molar-refractivity contribution in [2.24, 2.45) is 0 Å². The van der Waals surface area contributed by atoms with E-state index in [1.807, 2.05) is 0 Å². The molecule has 0 amide bonds. The summed E-state index contributed by atoms with van der Waals surface area (Å²) in [6, 6.07) is 0. The van der Waals surface area contributed by atoms with E-state index in [0.717, 1.165) is 0 Å². The first-order valence-corrected chi connectivity index (χ1v) is 7.54. The van der Waals surface area contributed by atoms with Gasteiger partial charge in [-0.05, 0) is 26.8 Å². The van der Waals surface area contributed by atoms with Gasteiger partial charge in [-0.1, -0.05) is 39.0 Å². The molecule has 0 atom stereocenters. The highest BCUT2D eigenvalue weighted by Gasteiger charge is 2.31. The molecule has 1 fully saturated rings. The second kappa shape index (κ2) is 6.80. The third-order valence-electron chi connectivity index (χ3n) is 3.36. The first-order valence-electron chi connectivity index (χ1n) is 6.56. The van der Waals surface area contributed by atoms with Crippen molar-refractivity contribution in [3.05, 3.63) is 0 Å². The van der Waals surface area contributed by atoms with E-state index in [0.29, 0.717) is 4.87 Å². The topological polar surface area (TPSA) is 3.24 Å². The molecule has 1 saturated heterocycles. The van der Waals surface area contributed by atoms with E-state index in [1.54, 1.807) is 0 Å². The summed E-state index contributed by atoms with van der Waals surface area (Å²) in [6.07, 6.45) is 8.48. The van der Waals surface area contributed by atoms with Crippen LogP contribution < -0.4 is 0 Å². The Morgan fingerprint density at radius 2 is 1.73 bits per heavy atom. The molecule has 90 valence electrons. The van der Waals surface area contributed by atoms with Crippen LogP contribution in [0.3, 0.4) is 0 Å². The van der Waals surface area contributed by atoms with E-state index in [-0.39, 0.29) is 0 Å². The normalized spacial score (nSPS) is 21.0. The molecular weight excluding hydrogens is 202 g/mol. The lowest BCUT2D eigenvalue weighted by Crippen LogP contribution is -2.36. The molecule has 1 nitrogen and oxygen atoms in total. The van der Waals surface area contributed by atoms with Crippen LogP contribution in [0, 0.1) is 0 Å². The summed E-state index contributed by atoms with van der Waals surface area (Å²) in [5.74, 6) is 1.32. The smallest absolute Gasteiger partial charge is 0.0613 e. The van der Waals surface area contributed by atoms with Gasteiger partial charge in [-0.2, -0.15) is 0 Å². The van der Waals surface area contributed by atoms with Crippen molar-refractivity contribution >= 4 is 11.8 Å². The Hall–Kier alpha value is 0.310. The Labute approximate surface area is 100.0 Å². The van der Waals surface area contributed by atoms with Crippen LogP contribution in [0.15, 0.2) is 0 Å². The number of rotatable bonds is 7. The third kappa shape index (κ3) is 4.78. The van der Waals surface area contributed by atoms with Crippen LogP contribution in [0.2, 0.25) is 0 Å². The lowest BCUT2D eigenvalue weighted by molar-refractivity contribution is 0.219. The maximum absolute atomic E-state index is 2.65. The van der Waals surface area contributed by atoms with Crippen molar-refractivity contribution in [2.45, 2.75) is 64.2 Å². The van der Waals surface area contributed by atoms with Gasteiger partial charge in [0.05, 0.1) is 4.87 Å². The summed E-state index contributed by atoms with van der Waals surface area (Å²) in [4.78, 5) is 3.06. The van der Waals surface area contributed by atoms with Crippen molar-refractivity contribution < 1.29 is 0 Å². The van der Waals surface area contributed by atoms with Gasteiger partial charge in [0, 0.05) is 12.3 Å². The minimum absolute atomic E-state index is 0.406. The highest BCUT2D eigenvalue weighted by Crippen LogP contribution is 2.34. The van der Waals surface area contributed by atoms with Crippen LogP contribution in [0.5, 0.6) is 0 Å². The fourth-order valence-electron chi connectivity index (χ4n) is 2.23. The molecule has 0 spiro atoms. The van der Waals surface area contributed by atoms with Crippen LogP contribution in [-0.4, -0.2) is 28.6 Å². The first-order chi connectivity index (χ1) is 7.17. The average molecular weight is 229 g/mol. The zero-order valence-electron chi connectivity index (χ0n) is 10.7. The van der Waals surface area contributed by atoms with E-state index in [1.165, 1.54) is 57.4 Å². The van der Waals surface area contributed by atoms with Crippen molar-refractivity contribution in [3.8, 4) is 0 Å². The number of unbranched alkanes of at least 4 members (excludes halogenated alkanes) is 5. The van der Waals surface area contributed by atoms with Gasteiger partial charge in [-0.3, -0.25) is 4.90 Å². The zero-order valence-corrected chi connectivity index (χ0v) is 11.5. The monoisotopic (exact) mass is 229 g/mol. The van der Waals surface area contributed by atoms with Gasteiger partial charge < -0.3 is 0 Å². The molecule has 0 radical (unpaired) electrons. The largest absolute Gasteiger partial charge is 0.289 e. The van der Waals surface area contributed by atoms with Crippen LogP contribution in [0.4, 0.5) is 0 Å². The Bertz CT molecular complexity index is 168. The fourth-order valence-corrected chi connectivity index (χ4v) is 3.41. The van der Waals surface area contributed by atoms with Crippen LogP contribution in [-0.2, 0) is 0 Å². The second-order valence-corrected chi connectivity index (χ2v) is 6.75. The Morgan fingerprint density at radius 1 is 1.07 bits per heavy atom. The Balaban J connectivity index is 2.00. The van der Waals surface area contributed by atoms with E-state index in [9.17, 15) is 0 Å². The van der Waals surface area contributed by atoms with Crippen molar-refractivity contribution in [1.29, 1.82) is 0 Å². The van der Waals surface area contributed by atoms with Gasteiger partial charge in [0.15, 0.2) is 0 Å². The van der Waals surface area contributed by atoms with E-state index in [2.05, 4.69) is 37.4 Å². The SMILES string of the molecule is CCCCCCCCN1CCSC1(C)C. The highest BCUT2D eigenvalue weighted by atomic mass is 32.2. The van der Waals surface area contributed by atoms with E-state index in [4.69, 9.17) is 0 Å². The molecule has 0 unspecified atom stereocenters. The molecule has 0 aliphatic carbocycles. The summed E-state index contributed by atoms with van der Waals surface area (Å²) in [6.45, 7) is 9.62. The molecule has 0 aromatic carbocycles. The van der Waals surface area contributed by atoms with Crippen LogP contribution in [0.25, 0.3) is 0 Å². The van der Waals surface area contributed by atoms with Crippen molar-refractivity contribution in [1.82, 2.24) is 4.90 Å². The Morgan fingerprint density at radius 3 is 2.33 bits per heavy atom. The molecule has 1 rings (SSSR count). The van der Waals surface area contributed by atoms with Crippen LogP contribution in [0.1, 0.15) is 59.3 Å². The summed E-state index contributed by atoms with van der Waals surface area (Å²) in [5, 5.41) is 0. The number of hydrogen-bond donors (Lipinski definition) is 0. The lowest BCUT2D eigenvalue weighted by Gasteiger charge is -2.30. The minimum Gasteiger partial charge on any atom is -0.289 e. The molecule has 2 heteroatoms. The molecule has 0 bridgehead atoms. The summed E-state index contributed by atoms with van der Waals surface area (Å²) < 4.78 is 0. The summed E-state index contributed by atoms with van der Waals surface area (Å²) >= 11 is 2.11. The molecule has 0 aromatic heterocycles. The summed E-state index contributed by atoms with van der Waals surface area (Å²) in [5.41, 5.74) is 0. The van der Waals surface area contributed by atoms with Gasteiger partial charge in [-0.15, -0.1) is 11.8 Å². The fraction of sp³-hybridized carbons (Fsp3) is 1.00. The molecule has 0 N–H and O–H groups in total. The standard InChI is InChI=1S/C13H27NS/c1-4-5-6-7-8-9-10-14-11-12-15-13(14,2)3/h4-12H2,1-3H3. The number of thioether (sulfide) groups is 1. The molecule has 1 aliphatic heterocycles. The zero-order chi connectivity index (χ0) is 11.1. The molecule has 1 aliphatic rings. The predicted octanol–water partition coefficient (Wildman–Crippen LogP) is 4.13. The predicted molar refractivity (Wildman–Crippen MR) is 71.5 cm³/mol. The van der Waals surface area contributed by atoms with Crippen molar-refractivity contribution in [2.75, 3.05) is 18.8 Å². The number of hydrogen-bond acceptors (Lipinski definition) is 2. The van der Waals surface area contributed by atoms with Gasteiger partial charge in [0.25, 0.3) is 0 Å².